The molecule has 7 heteroatoms. The zero-order chi connectivity index (χ0) is 20.3. The molecule has 0 radical (unpaired) electrons. The van der Waals surface area contributed by atoms with Crippen molar-refractivity contribution in [1.29, 1.82) is 0 Å². The highest BCUT2D eigenvalue weighted by Crippen LogP contribution is 2.22. The Labute approximate surface area is 166 Å². The first-order valence-electron chi connectivity index (χ1n) is 9.45. The zero-order valence-electron chi connectivity index (χ0n) is 16.4. The summed E-state index contributed by atoms with van der Waals surface area (Å²) in [5, 5.41) is 2.80. The van der Waals surface area contributed by atoms with E-state index in [1.54, 1.807) is 24.3 Å². The summed E-state index contributed by atoms with van der Waals surface area (Å²) < 4.78 is 32.8. The highest BCUT2D eigenvalue weighted by Gasteiger charge is 2.32. The monoisotopic (exact) mass is 402 g/mol. The molecule has 0 aliphatic carbocycles. The van der Waals surface area contributed by atoms with Crippen LogP contribution in [0.3, 0.4) is 0 Å². The third-order valence-corrected chi connectivity index (χ3v) is 6.61. The Bertz CT molecular complexity index is 914. The van der Waals surface area contributed by atoms with Gasteiger partial charge in [0, 0.05) is 24.3 Å². The molecule has 0 saturated carbocycles. The highest BCUT2D eigenvalue weighted by atomic mass is 32.2. The van der Waals surface area contributed by atoms with E-state index in [1.807, 2.05) is 26.0 Å². The van der Waals surface area contributed by atoms with Crippen molar-refractivity contribution in [2.75, 3.05) is 18.4 Å². The summed E-state index contributed by atoms with van der Waals surface area (Å²) in [5.41, 5.74) is 2.27. The van der Waals surface area contributed by atoms with Crippen LogP contribution in [0.5, 0.6) is 0 Å². The smallest absolute Gasteiger partial charge is 0.255 e. The molecular formula is C21H26N2O4S. The lowest BCUT2D eigenvalue weighted by atomic mass is 10.1. The molecule has 6 nitrogen and oxygen atoms in total. The fourth-order valence-electron chi connectivity index (χ4n) is 3.28. The standard InChI is InChI=1S/C21H26N2O4S/c1-4-17-5-7-18(8-6-17)21(24)22-19-9-11-20(12-10-19)28(25,26)23-13-15(2)27-16(3)14-23/h5-12,15-16H,4,13-14H2,1-3H3,(H,22,24). The fraction of sp³-hybridized carbons (Fsp3) is 0.381. The molecule has 2 atom stereocenters. The van der Waals surface area contributed by atoms with Crippen LogP contribution >= 0.6 is 0 Å². The molecule has 2 aromatic rings. The number of rotatable bonds is 5. The van der Waals surface area contributed by atoms with Crippen LogP contribution in [0.1, 0.15) is 36.7 Å². The number of hydrogen-bond donors (Lipinski definition) is 1. The number of hydrogen-bond acceptors (Lipinski definition) is 4. The van der Waals surface area contributed by atoms with Gasteiger partial charge in [-0.3, -0.25) is 4.79 Å². The SMILES string of the molecule is CCc1ccc(C(=O)Nc2ccc(S(=O)(=O)N3CC(C)OC(C)C3)cc2)cc1. The summed E-state index contributed by atoms with van der Waals surface area (Å²) in [4.78, 5) is 12.6. The summed E-state index contributed by atoms with van der Waals surface area (Å²) in [7, 11) is -3.59. The first kappa shape index (κ1) is 20.5. The lowest BCUT2D eigenvalue weighted by molar-refractivity contribution is -0.0440. The van der Waals surface area contributed by atoms with Crippen LogP contribution in [-0.4, -0.2) is 43.9 Å². The van der Waals surface area contributed by atoms with Crippen LogP contribution in [0.25, 0.3) is 0 Å². The van der Waals surface area contributed by atoms with Gasteiger partial charge >= 0.3 is 0 Å². The molecule has 150 valence electrons. The van der Waals surface area contributed by atoms with Gasteiger partial charge in [0.25, 0.3) is 5.91 Å². The number of carbonyl (C=O) groups excluding carboxylic acids is 1. The van der Waals surface area contributed by atoms with E-state index < -0.39 is 10.0 Å². The summed E-state index contributed by atoms with van der Waals surface area (Å²) in [6, 6.07) is 13.7. The molecule has 2 aromatic carbocycles. The van der Waals surface area contributed by atoms with E-state index in [1.165, 1.54) is 16.4 Å². The molecule has 1 fully saturated rings. The van der Waals surface area contributed by atoms with E-state index in [-0.39, 0.29) is 23.0 Å². The second-order valence-electron chi connectivity index (χ2n) is 7.11. The van der Waals surface area contributed by atoms with Gasteiger partial charge in [-0.05, 0) is 62.2 Å². The van der Waals surface area contributed by atoms with Crippen molar-refractivity contribution in [3.05, 3.63) is 59.7 Å². The van der Waals surface area contributed by atoms with Crippen LogP contribution in [0.2, 0.25) is 0 Å². The second-order valence-corrected chi connectivity index (χ2v) is 9.05. The van der Waals surface area contributed by atoms with Gasteiger partial charge in [-0.1, -0.05) is 19.1 Å². The topological polar surface area (TPSA) is 75.7 Å². The maximum atomic E-state index is 12.9. The van der Waals surface area contributed by atoms with Gasteiger partial charge in [0.1, 0.15) is 0 Å². The van der Waals surface area contributed by atoms with Crippen LogP contribution in [0.15, 0.2) is 53.4 Å². The maximum absolute atomic E-state index is 12.9. The number of nitrogens with zero attached hydrogens (tertiary/aromatic N) is 1. The third kappa shape index (κ3) is 4.60. The Morgan fingerprint density at radius 1 is 1.04 bits per heavy atom. The van der Waals surface area contributed by atoms with Gasteiger partial charge in [0.05, 0.1) is 17.1 Å². The Morgan fingerprint density at radius 2 is 1.61 bits per heavy atom. The molecule has 1 aliphatic heterocycles. The molecule has 1 amide bonds. The van der Waals surface area contributed by atoms with E-state index in [9.17, 15) is 13.2 Å². The predicted octanol–water partition coefficient (Wildman–Crippen LogP) is 3.30. The fourth-order valence-corrected chi connectivity index (χ4v) is 4.87. The number of morpholine rings is 1. The Kier molecular flexibility index (Phi) is 6.17. The Morgan fingerprint density at radius 3 is 2.14 bits per heavy atom. The largest absolute Gasteiger partial charge is 0.373 e. The predicted molar refractivity (Wildman–Crippen MR) is 109 cm³/mol. The van der Waals surface area contributed by atoms with E-state index in [0.29, 0.717) is 24.3 Å². The second kappa shape index (κ2) is 8.43. The number of benzene rings is 2. The van der Waals surface area contributed by atoms with Crippen LogP contribution in [-0.2, 0) is 21.2 Å². The highest BCUT2D eigenvalue weighted by molar-refractivity contribution is 7.89. The minimum absolute atomic E-state index is 0.142. The van der Waals surface area contributed by atoms with Gasteiger partial charge in [-0.15, -0.1) is 0 Å². The quantitative estimate of drug-likeness (QED) is 0.833. The summed E-state index contributed by atoms with van der Waals surface area (Å²) in [6.07, 6.45) is 0.630. The molecule has 1 heterocycles. The average Bonchev–Trinajstić information content (AvgIpc) is 2.67. The van der Waals surface area contributed by atoms with Crippen molar-refractivity contribution in [3.8, 4) is 0 Å². The molecule has 0 spiro atoms. The summed E-state index contributed by atoms with van der Waals surface area (Å²) in [6.45, 7) is 6.45. The molecule has 1 N–H and O–H groups in total. The third-order valence-electron chi connectivity index (χ3n) is 4.76. The van der Waals surface area contributed by atoms with Crippen LogP contribution in [0, 0.1) is 0 Å². The number of sulfonamides is 1. The maximum Gasteiger partial charge on any atom is 0.255 e. The minimum atomic E-state index is -3.59. The lowest BCUT2D eigenvalue weighted by Gasteiger charge is -2.34. The minimum Gasteiger partial charge on any atom is -0.373 e. The van der Waals surface area contributed by atoms with Gasteiger partial charge < -0.3 is 10.1 Å². The summed E-state index contributed by atoms with van der Waals surface area (Å²) >= 11 is 0. The van der Waals surface area contributed by atoms with Crippen molar-refractivity contribution in [2.45, 2.75) is 44.3 Å². The van der Waals surface area contributed by atoms with E-state index in [2.05, 4.69) is 12.2 Å². The molecule has 28 heavy (non-hydrogen) atoms. The molecule has 2 unspecified atom stereocenters. The Balaban J connectivity index is 1.71. The van der Waals surface area contributed by atoms with Crippen molar-refractivity contribution < 1.29 is 17.9 Å². The van der Waals surface area contributed by atoms with Crippen LogP contribution < -0.4 is 5.32 Å². The van der Waals surface area contributed by atoms with Crippen molar-refractivity contribution >= 4 is 21.6 Å². The van der Waals surface area contributed by atoms with Gasteiger partial charge in [-0.2, -0.15) is 4.31 Å². The molecule has 0 bridgehead atoms. The first-order chi connectivity index (χ1) is 13.3. The van der Waals surface area contributed by atoms with Crippen molar-refractivity contribution in [1.82, 2.24) is 4.31 Å². The van der Waals surface area contributed by atoms with Crippen molar-refractivity contribution in [3.63, 3.8) is 0 Å². The van der Waals surface area contributed by atoms with Gasteiger partial charge in [0.2, 0.25) is 10.0 Å². The van der Waals surface area contributed by atoms with E-state index >= 15 is 0 Å². The lowest BCUT2D eigenvalue weighted by Crippen LogP contribution is -2.48. The van der Waals surface area contributed by atoms with Gasteiger partial charge in [0.15, 0.2) is 0 Å². The number of ether oxygens (including phenoxy) is 1. The number of nitrogens with one attached hydrogen (secondary N) is 1. The molecule has 1 aliphatic rings. The molecular weight excluding hydrogens is 376 g/mol. The number of carbonyl (C=O) groups is 1. The molecule has 0 aromatic heterocycles. The average molecular weight is 403 g/mol. The molecule has 1 saturated heterocycles. The number of amides is 1. The van der Waals surface area contributed by atoms with Crippen molar-refractivity contribution in [2.24, 2.45) is 0 Å². The van der Waals surface area contributed by atoms with E-state index in [0.717, 1.165) is 12.0 Å². The number of aryl methyl sites for hydroxylation is 1. The summed E-state index contributed by atoms with van der Waals surface area (Å²) in [5.74, 6) is -0.228. The Hall–Kier alpha value is -2.22. The zero-order valence-corrected chi connectivity index (χ0v) is 17.2. The van der Waals surface area contributed by atoms with E-state index in [4.69, 9.17) is 4.74 Å². The molecule has 3 rings (SSSR count). The first-order valence-corrected chi connectivity index (χ1v) is 10.9. The normalized spacial score (nSPS) is 20.7. The number of anilines is 1. The van der Waals surface area contributed by atoms with Gasteiger partial charge in [-0.25, -0.2) is 8.42 Å². The van der Waals surface area contributed by atoms with Crippen LogP contribution in [0.4, 0.5) is 5.69 Å².